The summed E-state index contributed by atoms with van der Waals surface area (Å²) < 4.78 is 11.3. The molecule has 0 spiro atoms. The molecule has 0 bridgehead atoms. The van der Waals surface area contributed by atoms with Crippen LogP contribution in [0.3, 0.4) is 0 Å². The highest BCUT2D eigenvalue weighted by Gasteiger charge is 2.54. The zero-order chi connectivity index (χ0) is 30.0. The van der Waals surface area contributed by atoms with Gasteiger partial charge in [0.15, 0.2) is 12.5 Å². The van der Waals surface area contributed by atoms with Crippen LogP contribution >= 0.6 is 0 Å². The number of aliphatic hydroxyl groups excluding tert-OH is 8. The number of nitrogens with zero attached hydrogens (tertiary/aromatic N) is 2. The first-order valence-corrected chi connectivity index (χ1v) is 13.3. The fourth-order valence-corrected chi connectivity index (χ4v) is 6.06. The standard InChI is InChI=1S/C28H30N2O12/c31-9-15-19(33)21(35)23(37)27(41-15)29-13-7-3-1-5-11(13)17(25(29)39)18-12-6-2-4-8-14(12)30(26(18)40)28-24(38)22(36)20(34)16(10-32)42-28/h1-8,15-16,19-24,27-28,31-38H,9-10H2/b18-17-/t15-,16-,19-,20-,21+,22+,23+,24+,27-,28-/m1/s1. The Morgan fingerprint density at radius 2 is 0.905 bits per heavy atom. The van der Waals surface area contributed by atoms with Crippen molar-refractivity contribution in [3.8, 4) is 0 Å². The minimum absolute atomic E-state index is 0.0906. The van der Waals surface area contributed by atoms with Crippen molar-refractivity contribution in [2.45, 2.75) is 61.3 Å². The molecule has 0 aromatic heterocycles. The van der Waals surface area contributed by atoms with Gasteiger partial charge in [-0.3, -0.25) is 19.4 Å². The van der Waals surface area contributed by atoms with E-state index in [1.165, 1.54) is 0 Å². The molecule has 14 nitrogen and oxygen atoms in total. The normalized spacial score (nSPS) is 38.2. The lowest BCUT2D eigenvalue weighted by atomic mass is 9.96. The fraction of sp³-hybridized carbons (Fsp3) is 0.429. The molecule has 2 amide bonds. The molecule has 10 atom stereocenters. The highest BCUT2D eigenvalue weighted by Crippen LogP contribution is 2.49. The van der Waals surface area contributed by atoms with Gasteiger partial charge < -0.3 is 50.3 Å². The van der Waals surface area contributed by atoms with Crippen molar-refractivity contribution < 1.29 is 59.9 Å². The third-order valence-corrected chi connectivity index (χ3v) is 8.22. The average molecular weight is 587 g/mol. The van der Waals surface area contributed by atoms with Crippen LogP contribution in [0.5, 0.6) is 0 Å². The number of hydrogen-bond donors (Lipinski definition) is 8. The van der Waals surface area contributed by atoms with Gasteiger partial charge in [-0.05, 0) is 12.1 Å². The van der Waals surface area contributed by atoms with Gasteiger partial charge in [0.25, 0.3) is 11.8 Å². The summed E-state index contributed by atoms with van der Waals surface area (Å²) in [6.45, 7) is -1.42. The average Bonchev–Trinajstić information content (AvgIpc) is 3.44. The van der Waals surface area contributed by atoms with Crippen LogP contribution < -0.4 is 9.80 Å². The number of carbonyl (C=O) groups is 2. The zero-order valence-electron chi connectivity index (χ0n) is 21.9. The van der Waals surface area contributed by atoms with Gasteiger partial charge in [-0.25, -0.2) is 0 Å². The highest BCUT2D eigenvalue weighted by atomic mass is 16.6. The third kappa shape index (κ3) is 4.11. The van der Waals surface area contributed by atoms with Crippen LogP contribution in [0.25, 0.3) is 11.1 Å². The van der Waals surface area contributed by atoms with Crippen molar-refractivity contribution in [3.63, 3.8) is 0 Å². The molecule has 0 saturated carbocycles. The first kappa shape index (κ1) is 28.8. The first-order chi connectivity index (χ1) is 20.1. The van der Waals surface area contributed by atoms with Crippen LogP contribution in [0.2, 0.25) is 0 Å². The van der Waals surface area contributed by atoms with E-state index in [9.17, 15) is 50.4 Å². The summed E-state index contributed by atoms with van der Waals surface area (Å²) >= 11 is 0. The van der Waals surface area contributed by atoms with E-state index in [-0.39, 0.29) is 33.6 Å². The largest absolute Gasteiger partial charge is 0.394 e. The number of para-hydroxylation sites is 2. The molecule has 6 rings (SSSR count). The van der Waals surface area contributed by atoms with Crippen LogP contribution in [-0.2, 0) is 19.1 Å². The quantitative estimate of drug-likeness (QED) is 0.167. The summed E-state index contributed by atoms with van der Waals surface area (Å²) in [6.07, 6.45) is -16.0. The zero-order valence-corrected chi connectivity index (χ0v) is 21.9. The minimum atomic E-state index is -1.78. The van der Waals surface area contributed by atoms with E-state index in [4.69, 9.17) is 9.47 Å². The number of ether oxygens (including phenoxy) is 2. The molecule has 2 saturated heterocycles. The van der Waals surface area contributed by atoms with Crippen molar-refractivity contribution in [1.29, 1.82) is 0 Å². The Morgan fingerprint density at radius 1 is 0.548 bits per heavy atom. The monoisotopic (exact) mass is 586 g/mol. The molecule has 4 heterocycles. The number of anilines is 2. The predicted octanol–water partition coefficient (Wildman–Crippen LogP) is -3.11. The number of rotatable bonds is 4. The second-order valence-electron chi connectivity index (χ2n) is 10.6. The lowest BCUT2D eigenvalue weighted by Crippen LogP contribution is -2.64. The summed E-state index contributed by atoms with van der Waals surface area (Å²) in [4.78, 5) is 30.5. The van der Waals surface area contributed by atoms with E-state index in [1.54, 1.807) is 48.5 Å². The molecule has 0 unspecified atom stereocenters. The molecule has 2 aromatic rings. The molecule has 8 N–H and O–H groups in total. The molecule has 42 heavy (non-hydrogen) atoms. The van der Waals surface area contributed by atoms with E-state index in [0.717, 1.165) is 9.80 Å². The molecule has 0 radical (unpaired) electrons. The maximum absolute atomic E-state index is 14.2. The Balaban J connectivity index is 1.48. The van der Waals surface area contributed by atoms with Crippen molar-refractivity contribution in [1.82, 2.24) is 0 Å². The van der Waals surface area contributed by atoms with E-state index >= 15 is 0 Å². The summed E-state index contributed by atoms with van der Waals surface area (Å²) in [6, 6.07) is 12.7. The summed E-state index contributed by atoms with van der Waals surface area (Å²) in [5.74, 6) is -1.57. The van der Waals surface area contributed by atoms with Crippen molar-refractivity contribution in [2.75, 3.05) is 23.0 Å². The molecule has 2 fully saturated rings. The van der Waals surface area contributed by atoms with E-state index in [2.05, 4.69) is 0 Å². The minimum Gasteiger partial charge on any atom is -0.394 e. The third-order valence-electron chi connectivity index (χ3n) is 8.22. The number of fused-ring (bicyclic) bond motifs is 2. The number of carbonyl (C=O) groups excluding carboxylic acids is 2. The van der Waals surface area contributed by atoms with Gasteiger partial charge in [0, 0.05) is 11.1 Å². The maximum atomic E-state index is 14.2. The molecule has 4 aliphatic rings. The number of aliphatic hydroxyl groups is 8. The molecule has 4 aliphatic heterocycles. The van der Waals surface area contributed by atoms with Gasteiger partial charge in [-0.1, -0.05) is 36.4 Å². The topological polar surface area (TPSA) is 221 Å². The van der Waals surface area contributed by atoms with Gasteiger partial charge in [-0.15, -0.1) is 0 Å². The molecule has 224 valence electrons. The Labute approximate surface area is 238 Å². The van der Waals surface area contributed by atoms with Gasteiger partial charge in [0.1, 0.15) is 48.8 Å². The number of hydrogen-bond acceptors (Lipinski definition) is 12. The van der Waals surface area contributed by atoms with E-state index < -0.39 is 86.3 Å². The predicted molar refractivity (Wildman–Crippen MR) is 142 cm³/mol. The van der Waals surface area contributed by atoms with E-state index in [1.807, 2.05) is 0 Å². The Kier molecular flexibility index (Phi) is 7.39. The van der Waals surface area contributed by atoms with Crippen LogP contribution in [0.1, 0.15) is 11.1 Å². The van der Waals surface area contributed by atoms with Crippen molar-refractivity contribution in [3.05, 3.63) is 59.7 Å². The summed E-state index contributed by atoms with van der Waals surface area (Å²) in [5, 5.41) is 82.3. The van der Waals surface area contributed by atoms with Crippen LogP contribution in [0.4, 0.5) is 11.4 Å². The molecular formula is C28H30N2O12. The van der Waals surface area contributed by atoms with Gasteiger partial charge >= 0.3 is 0 Å². The fourth-order valence-electron chi connectivity index (χ4n) is 6.06. The summed E-state index contributed by atoms with van der Waals surface area (Å²) in [5.41, 5.74) is 0.845. The second-order valence-corrected chi connectivity index (χ2v) is 10.6. The molecular weight excluding hydrogens is 556 g/mol. The Morgan fingerprint density at radius 3 is 1.26 bits per heavy atom. The molecule has 14 heteroatoms. The lowest BCUT2D eigenvalue weighted by molar-refractivity contribution is -0.228. The highest BCUT2D eigenvalue weighted by molar-refractivity contribution is 6.50. The van der Waals surface area contributed by atoms with E-state index in [0.29, 0.717) is 0 Å². The SMILES string of the molecule is O=C1/C(=C2\C(=O)N([C@@H]3O[C@H](CO)[C@@H](O)[C@H](O)[C@@H]3O)c3ccccc32)c2ccccc2N1[C@@H]1O[C@H](CO)[C@@H](O)[C@H](O)[C@@H]1O. The first-order valence-electron chi connectivity index (χ1n) is 13.3. The van der Waals surface area contributed by atoms with Gasteiger partial charge in [-0.2, -0.15) is 0 Å². The Bertz CT molecular complexity index is 1320. The van der Waals surface area contributed by atoms with Gasteiger partial charge in [0.2, 0.25) is 0 Å². The number of benzene rings is 2. The molecule has 0 aliphatic carbocycles. The second kappa shape index (κ2) is 10.8. The van der Waals surface area contributed by atoms with Crippen LogP contribution in [0.15, 0.2) is 48.5 Å². The van der Waals surface area contributed by atoms with Crippen LogP contribution in [-0.4, -0.2) is 127 Å². The Hall–Kier alpha value is -3.28. The number of amides is 2. The smallest absolute Gasteiger partial charge is 0.262 e. The maximum Gasteiger partial charge on any atom is 0.262 e. The lowest BCUT2D eigenvalue weighted by Gasteiger charge is -2.43. The van der Waals surface area contributed by atoms with Gasteiger partial charge in [0.05, 0.1) is 35.7 Å². The van der Waals surface area contributed by atoms with Crippen molar-refractivity contribution in [2.24, 2.45) is 0 Å². The summed E-state index contributed by atoms with van der Waals surface area (Å²) in [7, 11) is 0. The molecule has 2 aromatic carbocycles. The van der Waals surface area contributed by atoms with Crippen LogP contribution in [0, 0.1) is 0 Å². The van der Waals surface area contributed by atoms with Crippen molar-refractivity contribution >= 4 is 34.3 Å².